The van der Waals surface area contributed by atoms with Crippen LogP contribution < -0.4 is 0 Å². The first-order valence-corrected chi connectivity index (χ1v) is 4.90. The SMILES string of the molecule is CC(=O)SCC(=O)c1ccccc1. The molecule has 0 saturated carbocycles. The molecule has 13 heavy (non-hydrogen) atoms. The Morgan fingerprint density at radius 3 is 2.38 bits per heavy atom. The summed E-state index contributed by atoms with van der Waals surface area (Å²) in [5.41, 5.74) is 0.663. The number of hydrogen-bond donors (Lipinski definition) is 0. The summed E-state index contributed by atoms with van der Waals surface area (Å²) in [6.45, 7) is 1.46. The van der Waals surface area contributed by atoms with Gasteiger partial charge in [0.05, 0.1) is 5.75 Å². The van der Waals surface area contributed by atoms with Crippen LogP contribution in [0.5, 0.6) is 0 Å². The van der Waals surface area contributed by atoms with E-state index in [2.05, 4.69) is 0 Å². The Morgan fingerprint density at radius 1 is 1.23 bits per heavy atom. The fraction of sp³-hybridized carbons (Fsp3) is 0.200. The van der Waals surface area contributed by atoms with E-state index in [0.29, 0.717) is 5.56 Å². The van der Waals surface area contributed by atoms with Gasteiger partial charge in [0.25, 0.3) is 0 Å². The van der Waals surface area contributed by atoms with Crippen molar-refractivity contribution in [2.24, 2.45) is 0 Å². The van der Waals surface area contributed by atoms with E-state index in [1.807, 2.05) is 18.2 Å². The standard InChI is InChI=1S/C10H10O2S/c1-8(11)13-7-10(12)9-5-3-2-4-6-9/h2-6H,7H2,1H3. The minimum Gasteiger partial charge on any atom is -0.293 e. The quantitative estimate of drug-likeness (QED) is 0.691. The van der Waals surface area contributed by atoms with Gasteiger partial charge in [0, 0.05) is 12.5 Å². The van der Waals surface area contributed by atoms with E-state index in [-0.39, 0.29) is 16.7 Å². The smallest absolute Gasteiger partial charge is 0.186 e. The molecule has 0 unspecified atom stereocenters. The second-order valence-electron chi connectivity index (χ2n) is 2.57. The number of thioether (sulfide) groups is 1. The van der Waals surface area contributed by atoms with Gasteiger partial charge >= 0.3 is 0 Å². The van der Waals surface area contributed by atoms with Crippen LogP contribution in [-0.2, 0) is 4.79 Å². The molecule has 1 rings (SSSR count). The molecule has 0 aliphatic rings. The third-order valence-corrected chi connectivity index (χ3v) is 2.32. The predicted octanol–water partition coefficient (Wildman–Crippen LogP) is 2.15. The minimum absolute atomic E-state index is 0.000741. The minimum atomic E-state index is -0.0238. The summed E-state index contributed by atoms with van der Waals surface area (Å²) in [5, 5.41) is -0.0238. The zero-order valence-corrected chi connectivity index (χ0v) is 8.14. The fourth-order valence-corrected chi connectivity index (χ4v) is 1.38. The van der Waals surface area contributed by atoms with Gasteiger partial charge in [-0.15, -0.1) is 0 Å². The molecule has 0 fully saturated rings. The van der Waals surface area contributed by atoms with Crippen molar-refractivity contribution in [1.82, 2.24) is 0 Å². The van der Waals surface area contributed by atoms with Gasteiger partial charge in [0.2, 0.25) is 0 Å². The van der Waals surface area contributed by atoms with Gasteiger partial charge in [-0.25, -0.2) is 0 Å². The van der Waals surface area contributed by atoms with Crippen LogP contribution in [0.15, 0.2) is 30.3 Å². The maximum Gasteiger partial charge on any atom is 0.186 e. The maximum atomic E-state index is 11.4. The average Bonchev–Trinajstić information content (AvgIpc) is 2.15. The van der Waals surface area contributed by atoms with Gasteiger partial charge in [-0.05, 0) is 0 Å². The summed E-state index contributed by atoms with van der Waals surface area (Å²) >= 11 is 1.05. The second kappa shape index (κ2) is 4.82. The van der Waals surface area contributed by atoms with E-state index in [9.17, 15) is 9.59 Å². The molecule has 3 heteroatoms. The highest BCUT2D eigenvalue weighted by molar-refractivity contribution is 8.14. The maximum absolute atomic E-state index is 11.4. The molecule has 0 N–H and O–H groups in total. The van der Waals surface area contributed by atoms with Crippen molar-refractivity contribution in [3.8, 4) is 0 Å². The van der Waals surface area contributed by atoms with Crippen molar-refractivity contribution in [2.75, 3.05) is 5.75 Å². The molecule has 0 bridgehead atoms. The molecular formula is C10H10O2S. The summed E-state index contributed by atoms with van der Waals surface area (Å²) in [4.78, 5) is 22.0. The zero-order chi connectivity index (χ0) is 9.68. The second-order valence-corrected chi connectivity index (χ2v) is 3.72. The van der Waals surface area contributed by atoms with Gasteiger partial charge in [-0.2, -0.15) is 0 Å². The molecule has 0 atom stereocenters. The van der Waals surface area contributed by atoms with E-state index in [1.54, 1.807) is 12.1 Å². The Morgan fingerprint density at radius 2 is 1.85 bits per heavy atom. The summed E-state index contributed by atoms with van der Waals surface area (Å²) in [6.07, 6.45) is 0. The van der Waals surface area contributed by atoms with Crippen LogP contribution >= 0.6 is 11.8 Å². The van der Waals surface area contributed by atoms with Gasteiger partial charge in [-0.3, -0.25) is 9.59 Å². The molecular weight excluding hydrogens is 184 g/mol. The number of hydrogen-bond acceptors (Lipinski definition) is 3. The molecule has 2 nitrogen and oxygen atoms in total. The molecule has 0 aliphatic heterocycles. The summed E-state index contributed by atoms with van der Waals surface area (Å²) in [6, 6.07) is 8.98. The number of carbonyl (C=O) groups is 2. The van der Waals surface area contributed by atoms with Crippen LogP contribution in [0.1, 0.15) is 17.3 Å². The molecule has 0 aliphatic carbocycles. The number of benzene rings is 1. The first-order valence-electron chi connectivity index (χ1n) is 3.92. The molecule has 1 aromatic rings. The lowest BCUT2D eigenvalue weighted by molar-refractivity contribution is -0.109. The lowest BCUT2D eigenvalue weighted by atomic mass is 10.2. The lowest BCUT2D eigenvalue weighted by Gasteiger charge is -1.97. The largest absolute Gasteiger partial charge is 0.293 e. The van der Waals surface area contributed by atoms with Gasteiger partial charge < -0.3 is 0 Å². The summed E-state index contributed by atoms with van der Waals surface area (Å²) in [5.74, 6) is 0.236. The van der Waals surface area contributed by atoms with E-state index >= 15 is 0 Å². The van der Waals surface area contributed by atoms with Gasteiger partial charge in [0.15, 0.2) is 10.9 Å². The van der Waals surface area contributed by atoms with Crippen LogP contribution in [0.3, 0.4) is 0 Å². The van der Waals surface area contributed by atoms with Crippen molar-refractivity contribution < 1.29 is 9.59 Å². The molecule has 0 radical (unpaired) electrons. The third kappa shape index (κ3) is 3.42. The van der Waals surface area contributed by atoms with Gasteiger partial charge in [0.1, 0.15) is 0 Å². The van der Waals surface area contributed by atoms with E-state index in [1.165, 1.54) is 6.92 Å². The van der Waals surface area contributed by atoms with E-state index < -0.39 is 0 Å². The Hall–Kier alpha value is -1.09. The van der Waals surface area contributed by atoms with Crippen molar-refractivity contribution in [1.29, 1.82) is 0 Å². The number of carbonyl (C=O) groups excluding carboxylic acids is 2. The first-order chi connectivity index (χ1) is 6.20. The Kier molecular flexibility index (Phi) is 3.71. The number of Topliss-reactive ketones (excluding diaryl/α,β-unsaturated/α-hetero) is 1. The van der Waals surface area contributed by atoms with Crippen LogP contribution in [0.2, 0.25) is 0 Å². The Labute approximate surface area is 81.3 Å². The summed E-state index contributed by atoms with van der Waals surface area (Å²) < 4.78 is 0. The van der Waals surface area contributed by atoms with E-state index in [0.717, 1.165) is 11.8 Å². The zero-order valence-electron chi connectivity index (χ0n) is 7.32. The Balaban J connectivity index is 2.54. The highest BCUT2D eigenvalue weighted by Crippen LogP contribution is 2.07. The van der Waals surface area contributed by atoms with Crippen molar-refractivity contribution in [3.63, 3.8) is 0 Å². The first kappa shape index (κ1) is 9.99. The normalized spacial score (nSPS) is 9.62. The Bertz CT molecular complexity index is 306. The van der Waals surface area contributed by atoms with Crippen molar-refractivity contribution in [3.05, 3.63) is 35.9 Å². The topological polar surface area (TPSA) is 34.1 Å². The molecule has 0 saturated heterocycles. The molecule has 1 aromatic carbocycles. The molecule has 0 amide bonds. The molecule has 0 aromatic heterocycles. The third-order valence-electron chi connectivity index (χ3n) is 1.50. The fourth-order valence-electron chi connectivity index (χ4n) is 0.875. The van der Waals surface area contributed by atoms with E-state index in [4.69, 9.17) is 0 Å². The monoisotopic (exact) mass is 194 g/mol. The van der Waals surface area contributed by atoms with Crippen molar-refractivity contribution >= 4 is 22.7 Å². The molecule has 68 valence electrons. The summed E-state index contributed by atoms with van der Waals surface area (Å²) in [7, 11) is 0. The predicted molar refractivity (Wildman–Crippen MR) is 53.9 cm³/mol. The molecule has 0 heterocycles. The van der Waals surface area contributed by atoms with Crippen LogP contribution in [-0.4, -0.2) is 16.7 Å². The highest BCUT2D eigenvalue weighted by Gasteiger charge is 2.05. The number of rotatable bonds is 3. The lowest BCUT2D eigenvalue weighted by Crippen LogP contribution is -2.03. The van der Waals surface area contributed by atoms with Crippen LogP contribution in [0.4, 0.5) is 0 Å². The van der Waals surface area contributed by atoms with Crippen molar-refractivity contribution in [2.45, 2.75) is 6.92 Å². The van der Waals surface area contributed by atoms with Crippen LogP contribution in [0.25, 0.3) is 0 Å². The van der Waals surface area contributed by atoms with Gasteiger partial charge in [-0.1, -0.05) is 42.1 Å². The molecule has 0 spiro atoms. The highest BCUT2D eigenvalue weighted by atomic mass is 32.2. The number of ketones is 1. The average molecular weight is 194 g/mol. The van der Waals surface area contributed by atoms with Crippen LogP contribution in [0, 0.1) is 0 Å².